The molecule has 1 fully saturated rings. The van der Waals surface area contributed by atoms with Gasteiger partial charge in [0.15, 0.2) is 16.4 Å². The molecule has 0 atom stereocenters. The van der Waals surface area contributed by atoms with E-state index in [1.54, 1.807) is 4.68 Å². The maximum Gasteiger partial charge on any atom is 0.262 e. The lowest BCUT2D eigenvalue weighted by Crippen LogP contribution is -2.27. The molecule has 0 radical (unpaired) electrons. The molecule has 4 aromatic rings. The number of aromatic amines is 1. The van der Waals surface area contributed by atoms with E-state index in [1.165, 1.54) is 18.0 Å². The van der Waals surface area contributed by atoms with Crippen molar-refractivity contribution in [2.24, 2.45) is 0 Å². The molecule has 0 unspecified atom stereocenters. The van der Waals surface area contributed by atoms with Crippen LogP contribution in [-0.2, 0) is 5.75 Å². The zero-order valence-corrected chi connectivity index (χ0v) is 17.0. The van der Waals surface area contributed by atoms with E-state index in [-0.39, 0.29) is 24.4 Å². The Morgan fingerprint density at radius 1 is 1.30 bits per heavy atom. The third kappa shape index (κ3) is 3.60. The van der Waals surface area contributed by atoms with E-state index in [0.29, 0.717) is 40.7 Å². The van der Waals surface area contributed by atoms with Crippen LogP contribution in [-0.4, -0.2) is 30.7 Å². The standard InChI is InChI=1S/C20H19F2N5O2S/c1-11-2-3-14-15(8-11)29-16(24-14)10-30-19-25-17-13(18(28)26-19)9-23-27(17)12-4-6-20(21,22)7-5-12/h2-3,8-9,12H,4-7,10H2,1H3,(H,25,26,28). The molecule has 3 aromatic heterocycles. The molecule has 10 heteroatoms. The van der Waals surface area contributed by atoms with Crippen molar-refractivity contribution in [1.82, 2.24) is 24.7 Å². The Bertz CT molecular complexity index is 1290. The van der Waals surface area contributed by atoms with E-state index >= 15 is 0 Å². The molecule has 0 aliphatic heterocycles. The van der Waals surface area contributed by atoms with Gasteiger partial charge in [0.2, 0.25) is 11.8 Å². The number of thioether (sulfide) groups is 1. The van der Waals surface area contributed by atoms with Gasteiger partial charge in [0.25, 0.3) is 5.56 Å². The molecule has 30 heavy (non-hydrogen) atoms. The SMILES string of the molecule is Cc1ccc2nc(CSc3nc4c(cnn4C4CCC(F)(F)CC4)c(=O)[nH]3)oc2c1. The summed E-state index contributed by atoms with van der Waals surface area (Å²) in [6.07, 6.45) is 1.71. The van der Waals surface area contributed by atoms with Crippen molar-refractivity contribution in [3.8, 4) is 0 Å². The van der Waals surface area contributed by atoms with Crippen molar-refractivity contribution in [1.29, 1.82) is 0 Å². The van der Waals surface area contributed by atoms with Crippen LogP contribution in [0.5, 0.6) is 0 Å². The van der Waals surface area contributed by atoms with Gasteiger partial charge in [-0.25, -0.2) is 23.4 Å². The number of nitrogens with one attached hydrogen (secondary N) is 1. The molecule has 1 saturated carbocycles. The normalized spacial score (nSPS) is 17.2. The minimum Gasteiger partial charge on any atom is -0.440 e. The Hall–Kier alpha value is -2.75. The molecule has 3 heterocycles. The number of aromatic nitrogens is 5. The molecule has 7 nitrogen and oxygen atoms in total. The van der Waals surface area contributed by atoms with Crippen molar-refractivity contribution in [2.75, 3.05) is 0 Å². The fraction of sp³-hybridized carbons (Fsp3) is 0.400. The van der Waals surface area contributed by atoms with Crippen molar-refractivity contribution >= 4 is 33.9 Å². The Morgan fingerprint density at radius 3 is 2.90 bits per heavy atom. The predicted molar refractivity (Wildman–Crippen MR) is 109 cm³/mol. The molecular weight excluding hydrogens is 412 g/mol. The van der Waals surface area contributed by atoms with Gasteiger partial charge in [0.1, 0.15) is 10.9 Å². The lowest BCUT2D eigenvalue weighted by Gasteiger charge is -2.28. The van der Waals surface area contributed by atoms with Gasteiger partial charge in [-0.3, -0.25) is 4.79 Å². The Kier molecular flexibility index (Phi) is 4.61. The van der Waals surface area contributed by atoms with Crippen molar-refractivity contribution in [3.05, 3.63) is 46.2 Å². The number of hydrogen-bond acceptors (Lipinski definition) is 6. The first-order valence-corrected chi connectivity index (χ1v) is 10.7. The van der Waals surface area contributed by atoms with Crippen LogP contribution in [0.25, 0.3) is 22.1 Å². The molecule has 1 aliphatic carbocycles. The second kappa shape index (κ2) is 7.19. The molecule has 0 spiro atoms. The quantitative estimate of drug-likeness (QED) is 0.375. The topological polar surface area (TPSA) is 89.6 Å². The first-order chi connectivity index (χ1) is 14.4. The van der Waals surface area contributed by atoms with Crippen LogP contribution in [0.1, 0.15) is 43.2 Å². The number of hydrogen-bond donors (Lipinski definition) is 1. The Morgan fingerprint density at radius 2 is 2.10 bits per heavy atom. The lowest BCUT2D eigenvalue weighted by molar-refractivity contribution is -0.0446. The van der Waals surface area contributed by atoms with Gasteiger partial charge in [-0.2, -0.15) is 5.10 Å². The van der Waals surface area contributed by atoms with Gasteiger partial charge in [0, 0.05) is 12.8 Å². The maximum atomic E-state index is 13.5. The number of halogens is 2. The van der Waals surface area contributed by atoms with Crippen LogP contribution in [0.15, 0.2) is 38.8 Å². The fourth-order valence-electron chi connectivity index (χ4n) is 3.79. The highest BCUT2D eigenvalue weighted by atomic mass is 32.2. The molecule has 0 saturated heterocycles. The summed E-state index contributed by atoms with van der Waals surface area (Å²) in [5, 5.41) is 5.04. The summed E-state index contributed by atoms with van der Waals surface area (Å²) < 4.78 is 34.4. The zero-order valence-electron chi connectivity index (χ0n) is 16.2. The monoisotopic (exact) mass is 431 g/mol. The summed E-state index contributed by atoms with van der Waals surface area (Å²) in [7, 11) is 0. The van der Waals surface area contributed by atoms with Gasteiger partial charge in [0.05, 0.1) is 18.0 Å². The highest BCUT2D eigenvalue weighted by molar-refractivity contribution is 7.98. The van der Waals surface area contributed by atoms with Gasteiger partial charge in [-0.15, -0.1) is 0 Å². The first-order valence-electron chi connectivity index (χ1n) is 9.72. The summed E-state index contributed by atoms with van der Waals surface area (Å²) >= 11 is 1.30. The van der Waals surface area contributed by atoms with E-state index < -0.39 is 5.92 Å². The van der Waals surface area contributed by atoms with Crippen molar-refractivity contribution in [2.45, 2.75) is 55.5 Å². The molecule has 156 valence electrons. The number of oxazole rings is 1. The van der Waals surface area contributed by atoms with E-state index in [9.17, 15) is 13.6 Å². The smallest absolute Gasteiger partial charge is 0.262 e. The van der Waals surface area contributed by atoms with Crippen LogP contribution in [0, 0.1) is 6.92 Å². The van der Waals surface area contributed by atoms with E-state index in [0.717, 1.165) is 16.7 Å². The number of H-pyrrole nitrogens is 1. The second-order valence-electron chi connectivity index (χ2n) is 7.65. The number of rotatable bonds is 4. The zero-order chi connectivity index (χ0) is 20.9. The largest absolute Gasteiger partial charge is 0.440 e. The molecule has 0 bridgehead atoms. The molecule has 1 aromatic carbocycles. The molecule has 1 N–H and O–H groups in total. The van der Waals surface area contributed by atoms with Gasteiger partial charge < -0.3 is 9.40 Å². The average molecular weight is 431 g/mol. The van der Waals surface area contributed by atoms with Crippen LogP contribution in [0.4, 0.5) is 8.78 Å². The van der Waals surface area contributed by atoms with Crippen LogP contribution < -0.4 is 5.56 Å². The molecule has 1 aliphatic rings. The maximum absolute atomic E-state index is 13.5. The highest BCUT2D eigenvalue weighted by Gasteiger charge is 2.36. The minimum absolute atomic E-state index is 0.180. The fourth-order valence-corrected chi connectivity index (χ4v) is 4.49. The summed E-state index contributed by atoms with van der Waals surface area (Å²) in [6.45, 7) is 1.98. The third-order valence-electron chi connectivity index (χ3n) is 5.39. The van der Waals surface area contributed by atoms with Crippen molar-refractivity contribution < 1.29 is 13.2 Å². The molecular formula is C20H19F2N5O2S. The molecule has 0 amide bonds. The molecule has 5 rings (SSSR count). The van der Waals surface area contributed by atoms with Gasteiger partial charge >= 0.3 is 0 Å². The Balaban J connectivity index is 1.40. The lowest BCUT2D eigenvalue weighted by atomic mass is 9.92. The highest BCUT2D eigenvalue weighted by Crippen LogP contribution is 2.39. The number of nitrogens with zero attached hydrogens (tertiary/aromatic N) is 4. The minimum atomic E-state index is -2.62. The van der Waals surface area contributed by atoms with E-state index in [4.69, 9.17) is 4.42 Å². The summed E-state index contributed by atoms with van der Waals surface area (Å²) in [4.78, 5) is 24.2. The third-order valence-corrected chi connectivity index (χ3v) is 6.25. The summed E-state index contributed by atoms with van der Waals surface area (Å²) in [5.74, 6) is -1.69. The van der Waals surface area contributed by atoms with E-state index in [1.807, 2.05) is 25.1 Å². The van der Waals surface area contributed by atoms with Crippen LogP contribution in [0.2, 0.25) is 0 Å². The van der Waals surface area contributed by atoms with Gasteiger partial charge in [-0.1, -0.05) is 17.8 Å². The first kappa shape index (κ1) is 19.2. The number of fused-ring (bicyclic) bond motifs is 2. The van der Waals surface area contributed by atoms with Gasteiger partial charge in [-0.05, 0) is 37.5 Å². The Labute approximate surface area is 173 Å². The van der Waals surface area contributed by atoms with Crippen LogP contribution in [0.3, 0.4) is 0 Å². The summed E-state index contributed by atoms with van der Waals surface area (Å²) in [6, 6.07) is 5.61. The number of aryl methyl sites for hydroxylation is 1. The summed E-state index contributed by atoms with van der Waals surface area (Å²) in [5.41, 5.74) is 2.70. The average Bonchev–Trinajstić information content (AvgIpc) is 3.30. The number of benzene rings is 1. The predicted octanol–water partition coefficient (Wildman–Crippen LogP) is 4.61. The number of alkyl halides is 2. The van der Waals surface area contributed by atoms with E-state index in [2.05, 4.69) is 20.1 Å². The van der Waals surface area contributed by atoms with Crippen molar-refractivity contribution in [3.63, 3.8) is 0 Å². The van der Waals surface area contributed by atoms with Crippen LogP contribution >= 0.6 is 11.8 Å². The second-order valence-corrected chi connectivity index (χ2v) is 8.62.